The quantitative estimate of drug-likeness (QED) is 0.785. The zero-order valence-corrected chi connectivity index (χ0v) is 11.0. The Bertz CT molecular complexity index is 523. The maximum atomic E-state index is 13.0. The molecule has 1 aromatic carbocycles. The van der Waals surface area contributed by atoms with Crippen molar-refractivity contribution in [3.63, 3.8) is 0 Å². The first-order valence-electron chi connectivity index (χ1n) is 5.89. The van der Waals surface area contributed by atoms with Crippen LogP contribution in [-0.2, 0) is 16.0 Å². The molecule has 0 saturated heterocycles. The number of benzene rings is 1. The molecule has 0 fully saturated rings. The Balaban J connectivity index is 2.70. The van der Waals surface area contributed by atoms with E-state index < -0.39 is 29.6 Å². The Morgan fingerprint density at radius 3 is 2.30 bits per heavy atom. The van der Waals surface area contributed by atoms with Gasteiger partial charge >= 0.3 is 5.97 Å². The van der Waals surface area contributed by atoms with E-state index in [1.165, 1.54) is 0 Å². The molecule has 0 radical (unpaired) electrons. The minimum absolute atomic E-state index is 0.0958. The number of nitrogens with one attached hydrogen (secondary N) is 1. The van der Waals surface area contributed by atoms with E-state index in [1.54, 1.807) is 6.92 Å². The molecule has 0 unspecified atom stereocenters. The highest BCUT2D eigenvalue weighted by Gasteiger charge is 2.20. The lowest BCUT2D eigenvalue weighted by Gasteiger charge is -2.14. The van der Waals surface area contributed by atoms with Crippen molar-refractivity contribution in [2.45, 2.75) is 25.8 Å². The molecule has 0 heterocycles. The monoisotopic (exact) mass is 283 g/mol. The number of amides is 1. The predicted molar refractivity (Wildman–Crippen MR) is 69.1 cm³/mol. The largest absolute Gasteiger partial charge is 0.480 e. The number of hydrogen-bond acceptors (Lipinski definition) is 2. The second kappa shape index (κ2) is 6.79. The molecule has 0 aliphatic rings. The van der Waals surface area contributed by atoms with Crippen LogP contribution in [0.1, 0.15) is 18.9 Å². The third-order valence-corrected chi connectivity index (χ3v) is 2.47. The van der Waals surface area contributed by atoms with Crippen LogP contribution in [0.2, 0.25) is 0 Å². The van der Waals surface area contributed by atoms with E-state index in [0.29, 0.717) is 11.6 Å². The SMILES string of the molecule is C=C(C)C[C@@H](NC(=O)Cc1cc(F)cc(F)c1)C(=O)O. The van der Waals surface area contributed by atoms with Crippen LogP contribution in [0, 0.1) is 11.6 Å². The number of hydrogen-bond donors (Lipinski definition) is 2. The van der Waals surface area contributed by atoms with E-state index >= 15 is 0 Å². The Labute approximate surface area is 115 Å². The normalized spacial score (nSPS) is 11.8. The smallest absolute Gasteiger partial charge is 0.326 e. The van der Waals surface area contributed by atoms with Crippen molar-refractivity contribution in [2.24, 2.45) is 0 Å². The Kier molecular flexibility index (Phi) is 5.37. The second-order valence-electron chi connectivity index (χ2n) is 4.57. The van der Waals surface area contributed by atoms with E-state index in [0.717, 1.165) is 12.1 Å². The van der Waals surface area contributed by atoms with E-state index in [-0.39, 0.29) is 18.4 Å². The first-order valence-corrected chi connectivity index (χ1v) is 5.89. The number of carboxylic acid groups (broad SMARTS) is 1. The maximum absolute atomic E-state index is 13.0. The maximum Gasteiger partial charge on any atom is 0.326 e. The molecule has 4 nitrogen and oxygen atoms in total. The lowest BCUT2D eigenvalue weighted by molar-refractivity contribution is -0.141. The lowest BCUT2D eigenvalue weighted by atomic mass is 10.1. The third kappa shape index (κ3) is 5.17. The molecular formula is C14H15F2NO3. The molecular weight excluding hydrogens is 268 g/mol. The van der Waals surface area contributed by atoms with Gasteiger partial charge in [0.1, 0.15) is 17.7 Å². The summed E-state index contributed by atoms with van der Waals surface area (Å²) in [5, 5.41) is 11.2. The lowest BCUT2D eigenvalue weighted by Crippen LogP contribution is -2.41. The number of aliphatic carboxylic acids is 1. The van der Waals surface area contributed by atoms with Gasteiger partial charge in [-0.3, -0.25) is 4.79 Å². The fourth-order valence-corrected chi connectivity index (χ4v) is 1.69. The third-order valence-electron chi connectivity index (χ3n) is 2.47. The van der Waals surface area contributed by atoms with Crippen LogP contribution in [0.25, 0.3) is 0 Å². The molecule has 0 saturated carbocycles. The standard InChI is InChI=1S/C14H15F2NO3/c1-8(2)3-12(14(19)20)17-13(18)6-9-4-10(15)7-11(16)5-9/h4-5,7,12H,1,3,6H2,2H3,(H,17,18)(H,19,20)/t12-/m1/s1. The molecule has 1 aromatic rings. The molecule has 0 spiro atoms. The van der Waals surface area contributed by atoms with E-state index in [2.05, 4.69) is 11.9 Å². The highest BCUT2D eigenvalue weighted by Crippen LogP contribution is 2.09. The fraction of sp³-hybridized carbons (Fsp3) is 0.286. The average molecular weight is 283 g/mol. The van der Waals surface area contributed by atoms with Gasteiger partial charge in [0, 0.05) is 6.07 Å². The van der Waals surface area contributed by atoms with Crippen molar-refractivity contribution in [3.05, 3.63) is 47.5 Å². The number of carbonyl (C=O) groups excluding carboxylic acids is 1. The summed E-state index contributed by atoms with van der Waals surface area (Å²) in [6.07, 6.45) is -0.201. The number of carbonyl (C=O) groups is 2. The Morgan fingerprint density at radius 1 is 1.30 bits per heavy atom. The van der Waals surface area contributed by atoms with Crippen LogP contribution in [0.5, 0.6) is 0 Å². The van der Waals surface area contributed by atoms with Crippen molar-refractivity contribution in [3.8, 4) is 0 Å². The van der Waals surface area contributed by atoms with Crippen LogP contribution in [0.4, 0.5) is 8.78 Å². The predicted octanol–water partition coefficient (Wildman–Crippen LogP) is 2.04. The van der Waals surface area contributed by atoms with Gasteiger partial charge in [-0.2, -0.15) is 0 Å². The fourth-order valence-electron chi connectivity index (χ4n) is 1.69. The van der Waals surface area contributed by atoms with Crippen LogP contribution in [0.3, 0.4) is 0 Å². The average Bonchev–Trinajstić information content (AvgIpc) is 2.25. The van der Waals surface area contributed by atoms with Crippen molar-refractivity contribution < 1.29 is 23.5 Å². The minimum Gasteiger partial charge on any atom is -0.480 e. The van der Waals surface area contributed by atoms with E-state index in [4.69, 9.17) is 5.11 Å². The van der Waals surface area contributed by atoms with Gasteiger partial charge in [0.25, 0.3) is 0 Å². The van der Waals surface area contributed by atoms with Gasteiger partial charge in [-0.1, -0.05) is 5.57 Å². The van der Waals surface area contributed by atoms with Crippen molar-refractivity contribution in [1.29, 1.82) is 0 Å². The first kappa shape index (κ1) is 15.8. The summed E-state index contributed by atoms with van der Waals surface area (Å²) in [5.74, 6) is -3.38. The number of halogens is 2. The van der Waals surface area contributed by atoms with Gasteiger partial charge in [0.2, 0.25) is 5.91 Å². The summed E-state index contributed by atoms with van der Waals surface area (Å²) in [4.78, 5) is 22.6. The molecule has 2 N–H and O–H groups in total. The Hall–Kier alpha value is -2.24. The van der Waals surface area contributed by atoms with Crippen molar-refractivity contribution in [1.82, 2.24) is 5.32 Å². The molecule has 0 aliphatic heterocycles. The molecule has 6 heteroatoms. The molecule has 0 bridgehead atoms. The molecule has 1 amide bonds. The highest BCUT2D eigenvalue weighted by atomic mass is 19.1. The van der Waals surface area contributed by atoms with Gasteiger partial charge in [0.15, 0.2) is 0 Å². The zero-order valence-electron chi connectivity index (χ0n) is 11.0. The van der Waals surface area contributed by atoms with E-state index in [1.807, 2.05) is 0 Å². The van der Waals surface area contributed by atoms with Crippen LogP contribution >= 0.6 is 0 Å². The summed E-state index contributed by atoms with van der Waals surface area (Å²) in [6, 6.07) is 1.65. The molecule has 108 valence electrons. The summed E-state index contributed by atoms with van der Waals surface area (Å²) in [7, 11) is 0. The minimum atomic E-state index is -1.19. The van der Waals surface area contributed by atoms with Crippen LogP contribution < -0.4 is 5.32 Å². The van der Waals surface area contributed by atoms with Gasteiger partial charge in [-0.15, -0.1) is 6.58 Å². The first-order chi connectivity index (χ1) is 9.27. The van der Waals surface area contributed by atoms with Gasteiger partial charge in [-0.25, -0.2) is 13.6 Å². The van der Waals surface area contributed by atoms with Gasteiger partial charge < -0.3 is 10.4 Å². The molecule has 0 aliphatic carbocycles. The van der Waals surface area contributed by atoms with Crippen LogP contribution in [0.15, 0.2) is 30.4 Å². The van der Waals surface area contributed by atoms with Crippen molar-refractivity contribution >= 4 is 11.9 Å². The molecule has 1 rings (SSSR count). The molecule has 0 aromatic heterocycles. The topological polar surface area (TPSA) is 66.4 Å². The van der Waals surface area contributed by atoms with Crippen LogP contribution in [-0.4, -0.2) is 23.0 Å². The summed E-state index contributed by atoms with van der Waals surface area (Å²) in [5.41, 5.74) is 0.744. The van der Waals surface area contributed by atoms with Gasteiger partial charge in [-0.05, 0) is 31.0 Å². The summed E-state index contributed by atoms with van der Waals surface area (Å²) < 4.78 is 25.9. The number of rotatable bonds is 6. The summed E-state index contributed by atoms with van der Waals surface area (Å²) in [6.45, 7) is 5.22. The number of carboxylic acids is 1. The van der Waals surface area contributed by atoms with Crippen molar-refractivity contribution in [2.75, 3.05) is 0 Å². The second-order valence-corrected chi connectivity index (χ2v) is 4.57. The Morgan fingerprint density at radius 2 is 1.85 bits per heavy atom. The highest BCUT2D eigenvalue weighted by molar-refractivity contribution is 5.85. The zero-order chi connectivity index (χ0) is 15.3. The van der Waals surface area contributed by atoms with E-state index in [9.17, 15) is 18.4 Å². The summed E-state index contributed by atoms with van der Waals surface area (Å²) >= 11 is 0. The molecule has 20 heavy (non-hydrogen) atoms. The van der Waals surface area contributed by atoms with Gasteiger partial charge in [0.05, 0.1) is 6.42 Å². The molecule has 1 atom stereocenters.